The highest BCUT2D eigenvalue weighted by Crippen LogP contribution is 2.29. The lowest BCUT2D eigenvalue weighted by molar-refractivity contribution is 0.879. The van der Waals surface area contributed by atoms with Gasteiger partial charge in [-0.3, -0.25) is 0 Å². The lowest BCUT2D eigenvalue weighted by Crippen LogP contribution is -1.86. The molecule has 0 N–H and O–H groups in total. The average Bonchev–Trinajstić information content (AvgIpc) is 2.46. The van der Waals surface area contributed by atoms with Gasteiger partial charge in [0.25, 0.3) is 0 Å². The van der Waals surface area contributed by atoms with Gasteiger partial charge in [0.2, 0.25) is 5.28 Å². The Hall–Kier alpha value is -0.670. The molecule has 2 nitrogen and oxygen atoms in total. The minimum Gasteiger partial charge on any atom is -0.226 e. The van der Waals surface area contributed by atoms with E-state index < -0.39 is 0 Å². The first kappa shape index (κ1) is 8.91. The maximum atomic E-state index is 5.69. The molecule has 0 aliphatic rings. The van der Waals surface area contributed by atoms with E-state index in [1.54, 1.807) is 17.5 Å². The van der Waals surface area contributed by atoms with Crippen LogP contribution in [0.3, 0.4) is 0 Å². The van der Waals surface area contributed by atoms with Crippen molar-refractivity contribution in [2.24, 2.45) is 0 Å². The van der Waals surface area contributed by atoms with Crippen LogP contribution in [0.1, 0.15) is 25.3 Å². The molecule has 0 amide bonds. The smallest absolute Gasteiger partial charge is 0.223 e. The Morgan fingerprint density at radius 2 is 2.23 bits per heavy atom. The van der Waals surface area contributed by atoms with Crippen molar-refractivity contribution in [2.75, 3.05) is 0 Å². The summed E-state index contributed by atoms with van der Waals surface area (Å²) in [6.45, 7) is 4.33. The summed E-state index contributed by atoms with van der Waals surface area (Å²) in [5, 5.41) is 3.58. The van der Waals surface area contributed by atoms with E-state index in [0.717, 1.165) is 10.2 Å². The molecule has 0 saturated carbocycles. The highest BCUT2D eigenvalue weighted by molar-refractivity contribution is 7.16. The van der Waals surface area contributed by atoms with Crippen molar-refractivity contribution in [2.45, 2.75) is 19.8 Å². The molecule has 4 heteroatoms. The third-order valence-corrected chi connectivity index (χ3v) is 3.04. The predicted octanol–water partition coefficient (Wildman–Crippen LogP) is 3.47. The van der Waals surface area contributed by atoms with Gasteiger partial charge in [0.15, 0.2) is 0 Å². The normalized spacial score (nSPS) is 11.4. The number of rotatable bonds is 1. The second-order valence-corrected chi connectivity index (χ2v) is 4.40. The van der Waals surface area contributed by atoms with Gasteiger partial charge in [-0.25, -0.2) is 9.97 Å². The zero-order chi connectivity index (χ0) is 9.42. The average molecular weight is 213 g/mol. The molecule has 0 aliphatic carbocycles. The lowest BCUT2D eigenvalue weighted by atomic mass is 10.1. The Morgan fingerprint density at radius 1 is 1.46 bits per heavy atom. The molecule has 0 fully saturated rings. The quantitative estimate of drug-likeness (QED) is 0.677. The summed E-state index contributed by atoms with van der Waals surface area (Å²) in [6.07, 6.45) is 1.80. The minimum atomic E-state index is 0.324. The predicted molar refractivity (Wildman–Crippen MR) is 56.5 cm³/mol. The number of hydrogen-bond donors (Lipinski definition) is 0. The van der Waals surface area contributed by atoms with Crippen LogP contribution in [0.15, 0.2) is 11.6 Å². The Bertz CT molecular complexity index is 436. The van der Waals surface area contributed by atoms with E-state index in [-0.39, 0.29) is 0 Å². The SMILES string of the molecule is CC(C)c1csc2nc(Cl)ncc12. The second-order valence-electron chi connectivity index (χ2n) is 3.20. The third-order valence-electron chi connectivity index (χ3n) is 1.95. The number of aromatic nitrogens is 2. The van der Waals surface area contributed by atoms with Crippen molar-refractivity contribution in [1.29, 1.82) is 0 Å². The van der Waals surface area contributed by atoms with Gasteiger partial charge in [-0.05, 0) is 28.5 Å². The summed E-state index contributed by atoms with van der Waals surface area (Å²) in [6, 6.07) is 0. The summed E-state index contributed by atoms with van der Waals surface area (Å²) in [5.41, 5.74) is 1.30. The zero-order valence-corrected chi connectivity index (χ0v) is 8.99. The van der Waals surface area contributed by atoms with E-state index in [0.29, 0.717) is 11.2 Å². The summed E-state index contributed by atoms with van der Waals surface area (Å²) in [7, 11) is 0. The summed E-state index contributed by atoms with van der Waals surface area (Å²) in [5.74, 6) is 0.513. The highest BCUT2D eigenvalue weighted by atomic mass is 35.5. The first-order valence-corrected chi connectivity index (χ1v) is 5.34. The Balaban J connectivity index is 2.69. The first-order valence-electron chi connectivity index (χ1n) is 4.08. The number of hydrogen-bond acceptors (Lipinski definition) is 3. The van der Waals surface area contributed by atoms with Gasteiger partial charge < -0.3 is 0 Å². The van der Waals surface area contributed by atoms with Crippen LogP contribution >= 0.6 is 22.9 Å². The molecule has 13 heavy (non-hydrogen) atoms. The van der Waals surface area contributed by atoms with Crippen LogP contribution in [-0.4, -0.2) is 9.97 Å². The van der Waals surface area contributed by atoms with Crippen molar-refractivity contribution in [3.8, 4) is 0 Å². The number of thiophene rings is 1. The molecule has 68 valence electrons. The number of halogens is 1. The highest BCUT2D eigenvalue weighted by Gasteiger charge is 2.08. The zero-order valence-electron chi connectivity index (χ0n) is 7.41. The van der Waals surface area contributed by atoms with E-state index in [1.807, 2.05) is 0 Å². The van der Waals surface area contributed by atoms with Crippen LogP contribution in [0.4, 0.5) is 0 Å². The summed E-state index contributed by atoms with van der Waals surface area (Å²) in [4.78, 5) is 9.11. The van der Waals surface area contributed by atoms with E-state index in [4.69, 9.17) is 11.6 Å². The van der Waals surface area contributed by atoms with Crippen molar-refractivity contribution in [3.63, 3.8) is 0 Å². The minimum absolute atomic E-state index is 0.324. The Morgan fingerprint density at radius 3 is 2.92 bits per heavy atom. The largest absolute Gasteiger partial charge is 0.226 e. The van der Waals surface area contributed by atoms with E-state index in [1.165, 1.54) is 5.56 Å². The van der Waals surface area contributed by atoms with Crippen molar-refractivity contribution in [3.05, 3.63) is 22.4 Å². The van der Waals surface area contributed by atoms with Crippen LogP contribution in [0, 0.1) is 0 Å². The van der Waals surface area contributed by atoms with Crippen molar-refractivity contribution >= 4 is 33.2 Å². The molecule has 0 saturated heterocycles. The molecule has 0 unspecified atom stereocenters. The molecular weight excluding hydrogens is 204 g/mol. The molecule has 0 bridgehead atoms. The van der Waals surface area contributed by atoms with Crippen molar-refractivity contribution in [1.82, 2.24) is 9.97 Å². The fourth-order valence-corrected chi connectivity index (χ4v) is 2.52. The fraction of sp³-hybridized carbons (Fsp3) is 0.333. The van der Waals surface area contributed by atoms with E-state index in [9.17, 15) is 0 Å². The van der Waals surface area contributed by atoms with Crippen LogP contribution in [0.2, 0.25) is 5.28 Å². The van der Waals surface area contributed by atoms with Gasteiger partial charge in [0.1, 0.15) is 4.83 Å². The molecule has 0 aromatic carbocycles. The van der Waals surface area contributed by atoms with Crippen LogP contribution < -0.4 is 0 Å². The Labute approximate surface area is 85.6 Å². The number of nitrogens with zero attached hydrogens (tertiary/aromatic N) is 2. The molecule has 0 radical (unpaired) electrons. The maximum Gasteiger partial charge on any atom is 0.223 e. The van der Waals surface area contributed by atoms with Gasteiger partial charge in [-0.2, -0.15) is 0 Å². The first-order chi connectivity index (χ1) is 6.18. The molecule has 0 aliphatic heterocycles. The summed E-state index contributed by atoms with van der Waals surface area (Å²) >= 11 is 7.31. The van der Waals surface area contributed by atoms with Gasteiger partial charge in [0, 0.05) is 11.6 Å². The monoisotopic (exact) mass is 212 g/mol. The van der Waals surface area contributed by atoms with E-state index in [2.05, 4.69) is 29.2 Å². The van der Waals surface area contributed by atoms with Gasteiger partial charge >= 0.3 is 0 Å². The van der Waals surface area contributed by atoms with Crippen molar-refractivity contribution < 1.29 is 0 Å². The maximum absolute atomic E-state index is 5.69. The van der Waals surface area contributed by atoms with Crippen LogP contribution in [0.5, 0.6) is 0 Å². The second kappa shape index (κ2) is 3.24. The number of fused-ring (bicyclic) bond motifs is 1. The third kappa shape index (κ3) is 1.54. The molecule has 0 spiro atoms. The summed E-state index contributed by atoms with van der Waals surface area (Å²) < 4.78 is 0. The molecular formula is C9H9ClN2S. The standard InChI is InChI=1S/C9H9ClN2S/c1-5(2)7-4-13-8-6(7)3-11-9(10)12-8/h3-5H,1-2H3. The molecule has 2 aromatic heterocycles. The molecule has 2 rings (SSSR count). The van der Waals surface area contributed by atoms with Gasteiger partial charge in [-0.15, -0.1) is 11.3 Å². The Kier molecular flexibility index (Phi) is 2.22. The van der Waals surface area contributed by atoms with Crippen LogP contribution in [-0.2, 0) is 0 Å². The van der Waals surface area contributed by atoms with E-state index >= 15 is 0 Å². The molecule has 2 heterocycles. The fourth-order valence-electron chi connectivity index (χ4n) is 1.26. The van der Waals surface area contributed by atoms with Crippen LogP contribution in [0.25, 0.3) is 10.2 Å². The lowest BCUT2D eigenvalue weighted by Gasteiger charge is -2.00. The molecule has 0 atom stereocenters. The topological polar surface area (TPSA) is 25.8 Å². The van der Waals surface area contributed by atoms with Gasteiger partial charge in [-0.1, -0.05) is 13.8 Å². The van der Waals surface area contributed by atoms with Gasteiger partial charge in [0.05, 0.1) is 0 Å². The molecule has 2 aromatic rings.